The summed E-state index contributed by atoms with van der Waals surface area (Å²) in [7, 11) is 3.78. The third-order valence-electron chi connectivity index (χ3n) is 4.73. The molecule has 0 atom stereocenters. The lowest BCUT2D eigenvalue weighted by atomic mass is 10.1. The third kappa shape index (κ3) is 4.42. The van der Waals surface area contributed by atoms with Gasteiger partial charge >= 0.3 is 0 Å². The Hall–Kier alpha value is -3.83. The van der Waals surface area contributed by atoms with Crippen molar-refractivity contribution in [1.29, 1.82) is 0 Å². The van der Waals surface area contributed by atoms with E-state index in [9.17, 15) is 25.0 Å². The molecular formula is C18H21N7O5. The first-order chi connectivity index (χ1) is 14.2. The molecule has 0 spiro atoms. The van der Waals surface area contributed by atoms with E-state index in [1.165, 1.54) is 4.90 Å². The van der Waals surface area contributed by atoms with Gasteiger partial charge in [-0.1, -0.05) is 0 Å². The lowest BCUT2D eigenvalue weighted by Crippen LogP contribution is -2.49. The largest absolute Gasteiger partial charge is 0.363 e. The van der Waals surface area contributed by atoms with Gasteiger partial charge in [-0.05, 0) is 6.92 Å². The van der Waals surface area contributed by atoms with E-state index >= 15 is 0 Å². The van der Waals surface area contributed by atoms with Gasteiger partial charge in [0.15, 0.2) is 0 Å². The number of hydrogen-bond acceptors (Lipinski definition) is 9. The Balaban J connectivity index is 1.76. The summed E-state index contributed by atoms with van der Waals surface area (Å²) in [6, 6.07) is 4.85. The van der Waals surface area contributed by atoms with E-state index in [1.807, 2.05) is 36.9 Å². The molecule has 1 aromatic heterocycles. The summed E-state index contributed by atoms with van der Waals surface area (Å²) in [4.78, 5) is 47.7. The molecule has 0 N–H and O–H groups in total. The van der Waals surface area contributed by atoms with Crippen LogP contribution in [0.4, 0.5) is 23.0 Å². The van der Waals surface area contributed by atoms with E-state index in [2.05, 4.69) is 9.97 Å². The highest BCUT2D eigenvalue weighted by atomic mass is 16.6. The van der Waals surface area contributed by atoms with E-state index in [0.29, 0.717) is 32.0 Å². The molecule has 30 heavy (non-hydrogen) atoms. The van der Waals surface area contributed by atoms with Gasteiger partial charge in [-0.3, -0.25) is 25.0 Å². The second kappa shape index (κ2) is 8.27. The van der Waals surface area contributed by atoms with Crippen LogP contribution in [0.2, 0.25) is 0 Å². The third-order valence-corrected chi connectivity index (χ3v) is 4.73. The molecule has 12 heteroatoms. The monoisotopic (exact) mass is 415 g/mol. The second-order valence-electron chi connectivity index (χ2n) is 7.06. The molecule has 0 radical (unpaired) electrons. The topological polar surface area (TPSA) is 139 Å². The van der Waals surface area contributed by atoms with Crippen LogP contribution in [0.15, 0.2) is 24.3 Å². The van der Waals surface area contributed by atoms with Crippen LogP contribution in [0.25, 0.3) is 0 Å². The van der Waals surface area contributed by atoms with Crippen LogP contribution in [-0.2, 0) is 0 Å². The number of carbonyl (C=O) groups excluding carboxylic acids is 1. The zero-order chi connectivity index (χ0) is 22.0. The molecule has 0 saturated carbocycles. The number of anilines is 2. The molecule has 1 amide bonds. The Labute approximate surface area is 172 Å². The first-order valence-corrected chi connectivity index (χ1v) is 9.17. The van der Waals surface area contributed by atoms with E-state index in [-0.39, 0.29) is 5.56 Å². The van der Waals surface area contributed by atoms with Gasteiger partial charge in [-0.2, -0.15) is 0 Å². The minimum Gasteiger partial charge on any atom is -0.363 e. The zero-order valence-electron chi connectivity index (χ0n) is 16.8. The van der Waals surface area contributed by atoms with E-state index < -0.39 is 27.1 Å². The molecule has 1 aromatic carbocycles. The second-order valence-corrected chi connectivity index (χ2v) is 7.06. The normalized spacial score (nSPS) is 13.8. The summed E-state index contributed by atoms with van der Waals surface area (Å²) in [6.45, 7) is 3.54. The van der Waals surface area contributed by atoms with Crippen LogP contribution in [0.1, 0.15) is 16.2 Å². The smallest absolute Gasteiger partial charge is 0.277 e. The Kier molecular flexibility index (Phi) is 5.76. The van der Waals surface area contributed by atoms with Crippen LogP contribution in [0.5, 0.6) is 0 Å². The van der Waals surface area contributed by atoms with Crippen LogP contribution >= 0.6 is 0 Å². The first-order valence-electron chi connectivity index (χ1n) is 9.17. The number of nitro benzene ring substituents is 2. The van der Waals surface area contributed by atoms with Crippen molar-refractivity contribution in [2.24, 2.45) is 0 Å². The summed E-state index contributed by atoms with van der Waals surface area (Å²) in [6.07, 6.45) is 0. The minimum absolute atomic E-state index is 0.0721. The molecule has 2 heterocycles. The number of amides is 1. The Bertz CT molecular complexity index is 970. The standard InChI is InChI=1S/C18H21N7O5/c1-12-19-16(21(2)3)11-17(20-12)22-4-6-23(7-5-22)18(26)13-8-14(24(27)28)10-15(9-13)25(29)30/h8-11H,4-7H2,1-3H3. The molecule has 1 aliphatic rings. The molecule has 0 aliphatic carbocycles. The van der Waals surface area contributed by atoms with Crippen molar-refractivity contribution in [2.75, 3.05) is 50.1 Å². The van der Waals surface area contributed by atoms with E-state index in [0.717, 1.165) is 29.8 Å². The predicted octanol–water partition coefficient (Wildman–Crippen LogP) is 1.63. The van der Waals surface area contributed by atoms with Crippen molar-refractivity contribution in [1.82, 2.24) is 14.9 Å². The number of benzene rings is 1. The number of hydrogen-bond donors (Lipinski definition) is 0. The number of piperazine rings is 1. The summed E-state index contributed by atoms with van der Waals surface area (Å²) in [5, 5.41) is 22.1. The van der Waals surface area contributed by atoms with Gasteiger partial charge in [0.05, 0.1) is 21.5 Å². The van der Waals surface area contributed by atoms with Crippen molar-refractivity contribution in [2.45, 2.75) is 6.92 Å². The number of nitro groups is 2. The maximum Gasteiger partial charge on any atom is 0.277 e. The molecule has 2 aromatic rings. The maximum absolute atomic E-state index is 12.8. The van der Waals surface area contributed by atoms with Gasteiger partial charge in [0.2, 0.25) is 0 Å². The zero-order valence-corrected chi connectivity index (χ0v) is 16.8. The van der Waals surface area contributed by atoms with Crippen molar-refractivity contribution in [3.05, 3.63) is 55.9 Å². The highest BCUT2D eigenvalue weighted by Crippen LogP contribution is 2.25. The van der Waals surface area contributed by atoms with Crippen molar-refractivity contribution in [3.8, 4) is 0 Å². The summed E-state index contributed by atoms with van der Waals surface area (Å²) in [5.74, 6) is 1.69. The molecule has 1 aliphatic heterocycles. The highest BCUT2D eigenvalue weighted by molar-refractivity contribution is 5.95. The number of nitrogens with zero attached hydrogens (tertiary/aromatic N) is 7. The fourth-order valence-electron chi connectivity index (χ4n) is 3.18. The highest BCUT2D eigenvalue weighted by Gasteiger charge is 2.26. The van der Waals surface area contributed by atoms with Gasteiger partial charge in [-0.15, -0.1) is 0 Å². The van der Waals surface area contributed by atoms with Crippen LogP contribution < -0.4 is 9.80 Å². The van der Waals surface area contributed by atoms with Gasteiger partial charge in [0.25, 0.3) is 17.3 Å². The Morgan fingerprint density at radius 1 is 0.967 bits per heavy atom. The van der Waals surface area contributed by atoms with Crippen molar-refractivity contribution >= 4 is 28.9 Å². The van der Waals surface area contributed by atoms with Crippen LogP contribution in [0.3, 0.4) is 0 Å². The van der Waals surface area contributed by atoms with Gasteiger partial charge in [-0.25, -0.2) is 9.97 Å². The molecule has 1 fully saturated rings. The first kappa shape index (κ1) is 20.9. The van der Waals surface area contributed by atoms with Crippen molar-refractivity contribution in [3.63, 3.8) is 0 Å². The Morgan fingerprint density at radius 3 is 2.03 bits per heavy atom. The minimum atomic E-state index is -0.749. The fraction of sp³-hybridized carbons (Fsp3) is 0.389. The molecular weight excluding hydrogens is 394 g/mol. The number of carbonyl (C=O) groups is 1. The van der Waals surface area contributed by atoms with E-state index in [4.69, 9.17) is 0 Å². The molecule has 12 nitrogen and oxygen atoms in total. The molecule has 0 bridgehead atoms. The fourth-order valence-corrected chi connectivity index (χ4v) is 3.18. The Morgan fingerprint density at radius 2 is 1.53 bits per heavy atom. The maximum atomic E-state index is 12.8. The molecule has 158 valence electrons. The van der Waals surface area contributed by atoms with Gasteiger partial charge < -0.3 is 14.7 Å². The van der Waals surface area contributed by atoms with Crippen molar-refractivity contribution < 1.29 is 14.6 Å². The quantitative estimate of drug-likeness (QED) is 0.526. The average Bonchev–Trinajstić information content (AvgIpc) is 2.72. The summed E-state index contributed by atoms with van der Waals surface area (Å²) in [5.41, 5.74) is -1.05. The van der Waals surface area contributed by atoms with Gasteiger partial charge in [0, 0.05) is 58.5 Å². The summed E-state index contributed by atoms with van der Waals surface area (Å²) < 4.78 is 0. The SMILES string of the molecule is Cc1nc(N(C)C)cc(N2CCN(C(=O)c3cc([N+](=O)[O-])cc([N+](=O)[O-])c3)CC2)n1. The van der Waals surface area contributed by atoms with Crippen LogP contribution in [0, 0.1) is 27.2 Å². The number of rotatable bonds is 5. The van der Waals surface area contributed by atoms with E-state index in [1.54, 1.807) is 0 Å². The van der Waals surface area contributed by atoms with Gasteiger partial charge in [0.1, 0.15) is 17.5 Å². The molecule has 0 unspecified atom stereocenters. The van der Waals surface area contributed by atoms with Crippen LogP contribution in [-0.4, -0.2) is 70.9 Å². The predicted molar refractivity (Wildman–Crippen MR) is 109 cm³/mol. The molecule has 1 saturated heterocycles. The number of aromatic nitrogens is 2. The molecule has 3 rings (SSSR count). The summed E-state index contributed by atoms with van der Waals surface area (Å²) >= 11 is 0. The average molecular weight is 415 g/mol. The number of non-ortho nitro benzene ring substituents is 2. The lowest BCUT2D eigenvalue weighted by molar-refractivity contribution is -0.394. The lowest BCUT2D eigenvalue weighted by Gasteiger charge is -2.35. The number of aryl methyl sites for hydroxylation is 1.